The highest BCUT2D eigenvalue weighted by Gasteiger charge is 2.35. The largest absolute Gasteiger partial charge is 1.00 e. The minimum absolute atomic E-state index is 0. The van der Waals surface area contributed by atoms with Gasteiger partial charge >= 0.3 is 0 Å². The molecule has 110 valence electrons. The van der Waals surface area contributed by atoms with E-state index in [1.54, 1.807) is 12.1 Å². The fourth-order valence-corrected chi connectivity index (χ4v) is 3.68. The zero-order valence-corrected chi connectivity index (χ0v) is 12.3. The number of phenolic OH excluding ortho intramolecular Hbond substituents is 2. The van der Waals surface area contributed by atoms with Gasteiger partial charge in [0, 0.05) is 18.5 Å². The van der Waals surface area contributed by atoms with Crippen molar-refractivity contribution in [1.82, 2.24) is 5.32 Å². The molecule has 4 rings (SSSR count). The van der Waals surface area contributed by atoms with Gasteiger partial charge in [-0.15, -0.1) is 0 Å². The molecule has 1 aliphatic carbocycles. The maximum Gasteiger partial charge on any atom is 0.157 e. The summed E-state index contributed by atoms with van der Waals surface area (Å²) in [6.07, 6.45) is 2.01. The van der Waals surface area contributed by atoms with Crippen LogP contribution < -0.4 is 17.7 Å². The molecule has 0 saturated carbocycles. The van der Waals surface area contributed by atoms with Gasteiger partial charge in [-0.1, -0.05) is 24.3 Å². The second-order valence-electron chi connectivity index (χ2n) is 5.74. The zero-order valence-electron chi connectivity index (χ0n) is 11.5. The molecule has 2 aromatic carbocycles. The maximum absolute atomic E-state index is 9.84. The highest BCUT2D eigenvalue weighted by Crippen LogP contribution is 2.43. The van der Waals surface area contributed by atoms with E-state index >= 15 is 0 Å². The van der Waals surface area contributed by atoms with E-state index in [-0.39, 0.29) is 29.8 Å². The van der Waals surface area contributed by atoms with Crippen molar-refractivity contribution >= 4 is 0 Å². The lowest BCUT2D eigenvalue weighted by Gasteiger charge is -2.39. The number of rotatable bonds is 0. The Morgan fingerprint density at radius 3 is 2.57 bits per heavy atom. The van der Waals surface area contributed by atoms with Gasteiger partial charge in [0.1, 0.15) is 0 Å². The van der Waals surface area contributed by atoms with Crippen molar-refractivity contribution in [1.29, 1.82) is 0 Å². The fourth-order valence-electron chi connectivity index (χ4n) is 3.68. The van der Waals surface area contributed by atoms with Crippen LogP contribution in [0.1, 0.15) is 34.6 Å². The van der Waals surface area contributed by atoms with Crippen LogP contribution in [0.2, 0.25) is 0 Å². The average molecular weight is 303 g/mol. The molecule has 2 unspecified atom stereocenters. The van der Waals surface area contributed by atoms with E-state index in [1.165, 1.54) is 11.1 Å². The van der Waals surface area contributed by atoms with Crippen LogP contribution in [-0.2, 0) is 13.0 Å². The molecule has 0 spiro atoms. The number of aromatic hydroxyl groups is 2. The SMILES string of the molecule is Oc1cc2c(cc1O)C1c3ccccc3CNC1CC2.[Cl-]. The van der Waals surface area contributed by atoms with Gasteiger partial charge in [0.2, 0.25) is 0 Å². The van der Waals surface area contributed by atoms with Crippen molar-refractivity contribution in [2.24, 2.45) is 0 Å². The van der Waals surface area contributed by atoms with E-state index in [4.69, 9.17) is 0 Å². The molecule has 0 radical (unpaired) electrons. The smallest absolute Gasteiger partial charge is 0.157 e. The Bertz CT molecular complexity index is 686. The Morgan fingerprint density at radius 1 is 0.952 bits per heavy atom. The number of aryl methyl sites for hydroxylation is 1. The van der Waals surface area contributed by atoms with Crippen molar-refractivity contribution < 1.29 is 22.6 Å². The number of nitrogens with one attached hydrogen (secondary N) is 1. The summed E-state index contributed by atoms with van der Waals surface area (Å²) >= 11 is 0. The summed E-state index contributed by atoms with van der Waals surface area (Å²) < 4.78 is 0. The number of fused-ring (bicyclic) bond motifs is 5. The third-order valence-corrected chi connectivity index (χ3v) is 4.64. The van der Waals surface area contributed by atoms with Gasteiger partial charge in [-0.05, 0) is 47.2 Å². The van der Waals surface area contributed by atoms with Gasteiger partial charge < -0.3 is 27.9 Å². The normalized spacial score (nSPS) is 22.5. The Morgan fingerprint density at radius 2 is 1.71 bits per heavy atom. The Kier molecular flexibility index (Phi) is 3.56. The summed E-state index contributed by atoms with van der Waals surface area (Å²) in [5.74, 6) is 0.238. The molecule has 1 heterocycles. The minimum atomic E-state index is -0.0209. The molecule has 3 nitrogen and oxygen atoms in total. The van der Waals surface area contributed by atoms with Crippen LogP contribution in [0.3, 0.4) is 0 Å². The molecule has 4 heteroatoms. The number of phenols is 2. The molecule has 2 aromatic rings. The van der Waals surface area contributed by atoms with Crippen molar-refractivity contribution in [3.8, 4) is 11.5 Å². The first-order valence-electron chi connectivity index (χ1n) is 7.10. The molecular formula is C17H17ClNO2-. The Hall–Kier alpha value is -1.71. The van der Waals surface area contributed by atoms with Crippen LogP contribution in [-0.4, -0.2) is 16.3 Å². The molecule has 0 aromatic heterocycles. The summed E-state index contributed by atoms with van der Waals surface area (Å²) in [6.45, 7) is 0.913. The number of benzene rings is 2. The summed E-state index contributed by atoms with van der Waals surface area (Å²) in [4.78, 5) is 0. The van der Waals surface area contributed by atoms with E-state index in [0.29, 0.717) is 6.04 Å². The minimum Gasteiger partial charge on any atom is -1.00 e. The van der Waals surface area contributed by atoms with Crippen LogP contribution in [0.5, 0.6) is 11.5 Å². The lowest BCUT2D eigenvalue weighted by atomic mass is 9.72. The van der Waals surface area contributed by atoms with E-state index in [1.807, 2.05) is 0 Å². The van der Waals surface area contributed by atoms with Gasteiger partial charge in [0.25, 0.3) is 0 Å². The summed E-state index contributed by atoms with van der Waals surface area (Å²) in [7, 11) is 0. The van der Waals surface area contributed by atoms with Gasteiger partial charge in [-0.3, -0.25) is 0 Å². The maximum atomic E-state index is 9.84. The first kappa shape index (κ1) is 14.2. The number of hydrogen-bond acceptors (Lipinski definition) is 3. The van der Waals surface area contributed by atoms with Crippen molar-refractivity contribution in [3.63, 3.8) is 0 Å². The predicted molar refractivity (Wildman–Crippen MR) is 77.0 cm³/mol. The van der Waals surface area contributed by atoms with Crippen LogP contribution >= 0.6 is 0 Å². The highest BCUT2D eigenvalue weighted by atomic mass is 35.5. The quantitative estimate of drug-likeness (QED) is 0.583. The molecule has 2 atom stereocenters. The topological polar surface area (TPSA) is 52.5 Å². The lowest BCUT2D eigenvalue weighted by molar-refractivity contribution is -0.00000579. The summed E-state index contributed by atoms with van der Waals surface area (Å²) in [5.41, 5.74) is 4.98. The fraction of sp³-hybridized carbons (Fsp3) is 0.294. The second kappa shape index (κ2) is 5.24. The molecule has 21 heavy (non-hydrogen) atoms. The lowest BCUT2D eigenvalue weighted by Crippen LogP contribution is -3.00. The van der Waals surface area contributed by atoms with Crippen LogP contribution in [0, 0.1) is 0 Å². The van der Waals surface area contributed by atoms with Crippen molar-refractivity contribution in [2.75, 3.05) is 0 Å². The van der Waals surface area contributed by atoms with E-state index in [0.717, 1.165) is 30.5 Å². The van der Waals surface area contributed by atoms with Gasteiger partial charge in [0.05, 0.1) is 0 Å². The van der Waals surface area contributed by atoms with E-state index in [2.05, 4.69) is 29.6 Å². The Labute approximate surface area is 130 Å². The second-order valence-corrected chi connectivity index (χ2v) is 5.74. The molecule has 0 amide bonds. The standard InChI is InChI=1S/C17H17NO2.ClH/c19-15-7-10-5-6-14-17(13(10)8-16(15)20)12-4-2-1-3-11(12)9-18-14;/h1-4,7-8,14,17-20H,5-6,9H2;1H/p-1. The predicted octanol–water partition coefficient (Wildman–Crippen LogP) is -0.348. The van der Waals surface area contributed by atoms with Crippen LogP contribution in [0.15, 0.2) is 36.4 Å². The van der Waals surface area contributed by atoms with E-state index in [9.17, 15) is 10.2 Å². The summed E-state index contributed by atoms with van der Waals surface area (Å²) in [5, 5.41) is 23.2. The highest BCUT2D eigenvalue weighted by molar-refractivity contribution is 5.53. The number of hydrogen-bond donors (Lipinski definition) is 3. The molecule has 0 saturated heterocycles. The molecule has 1 aliphatic heterocycles. The van der Waals surface area contributed by atoms with Crippen LogP contribution in [0.4, 0.5) is 0 Å². The first-order chi connectivity index (χ1) is 9.74. The van der Waals surface area contributed by atoms with Crippen molar-refractivity contribution in [3.05, 3.63) is 58.7 Å². The average Bonchev–Trinajstić information content (AvgIpc) is 2.48. The van der Waals surface area contributed by atoms with Gasteiger partial charge in [-0.2, -0.15) is 0 Å². The third kappa shape index (κ3) is 2.17. The third-order valence-electron chi connectivity index (χ3n) is 4.64. The molecule has 0 bridgehead atoms. The van der Waals surface area contributed by atoms with E-state index < -0.39 is 0 Å². The summed E-state index contributed by atoms with van der Waals surface area (Å²) in [6, 6.07) is 12.4. The van der Waals surface area contributed by atoms with Crippen molar-refractivity contribution in [2.45, 2.75) is 31.3 Å². The monoisotopic (exact) mass is 302 g/mol. The molecule has 2 aliphatic rings. The van der Waals surface area contributed by atoms with Crippen LogP contribution in [0.25, 0.3) is 0 Å². The Balaban J connectivity index is 0.00000132. The molecule has 0 fully saturated rings. The van der Waals surface area contributed by atoms with Gasteiger partial charge in [0.15, 0.2) is 11.5 Å². The zero-order chi connectivity index (χ0) is 13.7. The molecular weight excluding hydrogens is 286 g/mol. The molecule has 3 N–H and O–H groups in total. The number of halogens is 1. The first-order valence-corrected chi connectivity index (χ1v) is 7.10. The van der Waals surface area contributed by atoms with Gasteiger partial charge in [-0.25, -0.2) is 0 Å².